The Labute approximate surface area is 693 Å². The summed E-state index contributed by atoms with van der Waals surface area (Å²) in [5, 5.41) is 14.7. The average molecular weight is 1650 g/mol. The van der Waals surface area contributed by atoms with Crippen LogP contribution in [0.25, 0.3) is 44.5 Å². The van der Waals surface area contributed by atoms with Crippen LogP contribution < -0.4 is 86.1 Å². The molecule has 4 atom stereocenters. The van der Waals surface area contributed by atoms with E-state index in [-0.39, 0.29) is 49.4 Å². The molecule has 0 amide bonds. The van der Waals surface area contributed by atoms with Gasteiger partial charge in [-0.05, 0) is 119 Å². The maximum absolute atomic E-state index is 15.0. The molecule has 16 rings (SSSR count). The van der Waals surface area contributed by atoms with E-state index in [2.05, 4.69) is 21.3 Å². The van der Waals surface area contributed by atoms with Crippen molar-refractivity contribution in [2.24, 2.45) is 45.9 Å². The number of hydrogen-bond donors (Lipinski definition) is 12. The van der Waals surface area contributed by atoms with Crippen molar-refractivity contribution in [3.63, 3.8) is 0 Å². The van der Waals surface area contributed by atoms with Gasteiger partial charge in [-0.1, -0.05) is 192 Å². The Balaban J connectivity index is 0.000000135. The van der Waals surface area contributed by atoms with Crippen molar-refractivity contribution in [2.75, 3.05) is 99.8 Å². The number of hydrogen-bond acceptors (Lipinski definition) is 16. The molecule has 4 aliphatic heterocycles. The minimum atomic E-state index is -0.709. The summed E-state index contributed by atoms with van der Waals surface area (Å²) in [6.07, 6.45) is 2.01. The van der Waals surface area contributed by atoms with Gasteiger partial charge in [0, 0.05) is 214 Å². The molecule has 0 aliphatic carbocycles. The highest BCUT2D eigenvalue weighted by Crippen LogP contribution is 2.55. The summed E-state index contributed by atoms with van der Waals surface area (Å²) in [7, 11) is 0. The maximum atomic E-state index is 15.0. The van der Waals surface area contributed by atoms with E-state index in [0.717, 1.165) is 44.5 Å². The normalized spacial score (nSPS) is 17.7. The molecule has 12 aromatic rings. The average Bonchev–Trinajstić information content (AvgIpc) is 1.60. The van der Waals surface area contributed by atoms with Gasteiger partial charge in [0.05, 0.1) is 0 Å². The topological polar surface area (TPSA) is 293 Å². The molecule has 0 aromatic heterocycles. The number of anilines is 4. The largest absolute Gasteiger partial charge is 0.481 e. The van der Waals surface area contributed by atoms with Gasteiger partial charge in [-0.15, -0.1) is 0 Å². The van der Waals surface area contributed by atoms with E-state index in [1.165, 1.54) is 24.3 Å². The van der Waals surface area contributed by atoms with Crippen molar-refractivity contribution in [3.05, 3.63) is 331 Å². The number of ether oxygens (including phenoxy) is 4. The van der Waals surface area contributed by atoms with Crippen LogP contribution in [0.4, 0.5) is 40.3 Å². The standard InChI is InChI=1S/4C23H23ClFN3O/c4*24-17-9-10-20-16(13-23(14-27,29-20)15-5-2-1-3-6-15)21(17)22-18(25)7-4-8-19(22)28-12-11-26/h4*1-10,28H,11-14,26-27H2/t4*23-/m1110/s1. The summed E-state index contributed by atoms with van der Waals surface area (Å²) < 4.78 is 85.5. The molecule has 0 radical (unpaired) electrons. The fourth-order valence-corrected chi connectivity index (χ4v) is 16.8. The van der Waals surface area contributed by atoms with Crippen LogP contribution in [0.15, 0.2) is 243 Å². The van der Waals surface area contributed by atoms with E-state index >= 15 is 17.6 Å². The third-order valence-corrected chi connectivity index (χ3v) is 22.6. The molecule has 600 valence electrons. The lowest BCUT2D eigenvalue weighted by molar-refractivity contribution is 0.103. The number of rotatable bonds is 24. The Hall–Kier alpha value is -10.4. The Morgan fingerprint density at radius 1 is 0.250 bits per heavy atom. The SMILES string of the molecule is NCCNc1cccc(F)c1-c1c(Cl)ccc2c1C[C@@](CN)(c1ccccc1)O2.NCCNc1cccc(F)c1-c1c(Cl)ccc2c1C[C@@](CN)(c1ccccc1)O2.NCCNc1cccc(F)c1-c1c(Cl)ccc2c1C[C@@](CN)(c1ccccc1)O2.NCCNc1cccc(F)c1-c1c(Cl)ccc2c1C[C@](CN)(c1ccccc1)O2. The zero-order chi connectivity index (χ0) is 81.7. The monoisotopic (exact) mass is 1640 g/mol. The lowest BCUT2D eigenvalue weighted by Gasteiger charge is -2.27. The highest BCUT2D eigenvalue weighted by atomic mass is 35.5. The molecule has 4 aliphatic rings. The molecule has 0 spiro atoms. The molecule has 16 nitrogen and oxygen atoms in total. The van der Waals surface area contributed by atoms with Crippen molar-refractivity contribution < 1.29 is 36.5 Å². The third kappa shape index (κ3) is 17.0. The molecule has 24 heteroatoms. The van der Waals surface area contributed by atoms with Crippen LogP contribution in [0.5, 0.6) is 23.0 Å². The first-order valence-corrected chi connectivity index (χ1v) is 39.8. The molecule has 0 unspecified atom stereocenters. The predicted octanol–water partition coefficient (Wildman–Crippen LogP) is 17.2. The minimum absolute atomic E-state index is 0.290. The number of nitrogens with one attached hydrogen (secondary N) is 4. The molecule has 116 heavy (non-hydrogen) atoms. The molecule has 0 bridgehead atoms. The van der Waals surface area contributed by atoms with Crippen molar-refractivity contribution >= 4 is 69.2 Å². The minimum Gasteiger partial charge on any atom is -0.481 e. The zero-order valence-electron chi connectivity index (χ0n) is 63.7. The van der Waals surface area contributed by atoms with E-state index in [4.69, 9.17) is 111 Å². The summed E-state index contributed by atoms with van der Waals surface area (Å²) in [4.78, 5) is 0. The first kappa shape index (κ1) is 83.5. The van der Waals surface area contributed by atoms with E-state index < -0.39 is 22.4 Å². The van der Waals surface area contributed by atoms with Crippen LogP contribution in [0.3, 0.4) is 0 Å². The Morgan fingerprint density at radius 3 is 0.629 bits per heavy atom. The van der Waals surface area contributed by atoms with E-state index in [9.17, 15) is 0 Å². The molecule has 4 heterocycles. The highest BCUT2D eigenvalue weighted by Gasteiger charge is 2.47. The Kier molecular flexibility index (Phi) is 26.8. The summed E-state index contributed by atoms with van der Waals surface area (Å²) >= 11 is 26.4. The Morgan fingerprint density at radius 2 is 0.448 bits per heavy atom. The molecule has 20 N–H and O–H groups in total. The van der Waals surface area contributed by atoms with Gasteiger partial charge >= 0.3 is 0 Å². The smallest absolute Gasteiger partial charge is 0.150 e. The lowest BCUT2D eigenvalue weighted by atomic mass is 9.86. The highest BCUT2D eigenvalue weighted by molar-refractivity contribution is 6.35. The molecule has 0 saturated carbocycles. The van der Waals surface area contributed by atoms with Crippen LogP contribution >= 0.6 is 46.4 Å². The van der Waals surface area contributed by atoms with Crippen LogP contribution in [0.1, 0.15) is 44.5 Å². The summed E-state index contributed by atoms with van der Waals surface area (Å²) in [5.41, 5.74) is 58.5. The fourth-order valence-electron chi connectivity index (χ4n) is 15.8. The van der Waals surface area contributed by atoms with Crippen LogP contribution in [-0.2, 0) is 48.1 Å². The van der Waals surface area contributed by atoms with Gasteiger partial charge in [0.25, 0.3) is 0 Å². The third-order valence-electron chi connectivity index (χ3n) is 21.4. The van der Waals surface area contributed by atoms with Gasteiger partial charge in [-0.3, -0.25) is 0 Å². The summed E-state index contributed by atoms with van der Waals surface area (Å²) in [6.45, 7) is 4.99. The van der Waals surface area contributed by atoms with Gasteiger partial charge in [0.15, 0.2) is 22.4 Å². The van der Waals surface area contributed by atoms with Crippen molar-refractivity contribution in [3.8, 4) is 67.5 Å². The van der Waals surface area contributed by atoms with Crippen LogP contribution in [0.2, 0.25) is 20.1 Å². The fraction of sp³-hybridized carbons (Fsp3) is 0.217. The molecular weight excluding hydrogens is 1550 g/mol. The number of fused-ring (bicyclic) bond motifs is 4. The molecule has 0 fully saturated rings. The van der Waals surface area contributed by atoms with Crippen LogP contribution in [-0.4, -0.2) is 78.5 Å². The van der Waals surface area contributed by atoms with Crippen LogP contribution in [0, 0.1) is 23.3 Å². The van der Waals surface area contributed by atoms with Gasteiger partial charge in [-0.2, -0.15) is 0 Å². The van der Waals surface area contributed by atoms with E-state index in [1.807, 2.05) is 170 Å². The maximum Gasteiger partial charge on any atom is 0.150 e. The molecule has 12 aromatic carbocycles. The first-order chi connectivity index (χ1) is 56.4. The van der Waals surface area contributed by atoms with E-state index in [1.54, 1.807) is 48.5 Å². The van der Waals surface area contributed by atoms with Gasteiger partial charge in [-0.25, -0.2) is 17.6 Å². The molecule has 0 saturated heterocycles. The first-order valence-electron chi connectivity index (χ1n) is 38.3. The molecular formula is C92H92Cl4F4N12O4. The predicted molar refractivity (Wildman–Crippen MR) is 464 cm³/mol. The summed E-state index contributed by atoms with van der Waals surface area (Å²) in [6, 6.07) is 73.4. The van der Waals surface area contributed by atoms with Crippen molar-refractivity contribution in [1.82, 2.24) is 0 Å². The summed E-state index contributed by atoms with van der Waals surface area (Å²) in [5.74, 6) is 1.27. The second kappa shape index (κ2) is 37.3. The second-order valence-electron chi connectivity index (χ2n) is 28.5. The van der Waals surface area contributed by atoms with Gasteiger partial charge < -0.3 is 86.1 Å². The second-order valence-corrected chi connectivity index (χ2v) is 30.1. The van der Waals surface area contributed by atoms with Gasteiger partial charge in [0.1, 0.15) is 46.3 Å². The number of benzene rings is 12. The van der Waals surface area contributed by atoms with Crippen molar-refractivity contribution in [2.45, 2.75) is 48.1 Å². The lowest BCUT2D eigenvalue weighted by Crippen LogP contribution is -2.39. The number of nitrogens with two attached hydrogens (primary N) is 8. The zero-order valence-corrected chi connectivity index (χ0v) is 66.7. The number of halogens is 8. The van der Waals surface area contributed by atoms with E-state index in [0.29, 0.717) is 188 Å². The quantitative estimate of drug-likeness (QED) is 0.0250. The Bertz CT molecular complexity index is 4780. The van der Waals surface area contributed by atoms with Crippen molar-refractivity contribution in [1.29, 1.82) is 0 Å². The van der Waals surface area contributed by atoms with Gasteiger partial charge in [0.2, 0.25) is 0 Å².